The summed E-state index contributed by atoms with van der Waals surface area (Å²) in [5, 5.41) is 12.1. The second-order valence-corrected chi connectivity index (χ2v) is 12.8. The number of anilines is 1. The molecule has 0 saturated carbocycles. The number of aromatic hydroxyl groups is 1. The molecule has 1 aromatic heterocycles. The molecule has 4 aliphatic rings. The summed E-state index contributed by atoms with van der Waals surface area (Å²) in [6, 6.07) is 7.47. The molecule has 4 aromatic rings. The minimum atomic E-state index is -0.911. The van der Waals surface area contributed by atoms with E-state index in [4.69, 9.17) is 20.9 Å². The van der Waals surface area contributed by atoms with Crippen molar-refractivity contribution in [1.29, 1.82) is 0 Å². The Morgan fingerprint density at radius 2 is 2.00 bits per heavy atom. The molecule has 45 heavy (non-hydrogen) atoms. The van der Waals surface area contributed by atoms with Gasteiger partial charge in [0.2, 0.25) is 0 Å². The Bertz CT molecular complexity index is 1890. The van der Waals surface area contributed by atoms with Crippen molar-refractivity contribution in [3.05, 3.63) is 53.1 Å². The van der Waals surface area contributed by atoms with Crippen LogP contribution < -0.4 is 9.64 Å². The second kappa shape index (κ2) is 10.8. The van der Waals surface area contributed by atoms with Gasteiger partial charge >= 0.3 is 6.01 Å². The van der Waals surface area contributed by atoms with Crippen molar-refractivity contribution in [2.24, 2.45) is 0 Å². The summed E-state index contributed by atoms with van der Waals surface area (Å²) in [5.41, 5.74) is 0.919. The molecular weight excluding hydrogens is 581 g/mol. The maximum atomic E-state index is 17.0. The predicted octanol–water partition coefficient (Wildman–Crippen LogP) is 5.91. The first kappa shape index (κ1) is 28.4. The topological polar surface area (TPSA) is 71.0 Å². The van der Waals surface area contributed by atoms with Crippen molar-refractivity contribution in [3.8, 4) is 35.2 Å². The standard InChI is InChI=1S/C35H33F3N4O3/c1-2-25-28(37)8-6-20-13-24(43)15-26(29(20)25)27-14-21-5-7-23-18-44-12-4-11-42(23)33-30(21)32(31(27)38)39-34(40-33)45-19-35-9-3-10-41(35)17-22(36)16-35/h1,6,8,13-15,22-23,43H,3-5,7,9-12,16-19H2/t22-,23+,35+/m1/s1. The molecule has 0 radical (unpaired) electrons. The van der Waals surface area contributed by atoms with E-state index in [0.717, 1.165) is 37.8 Å². The Hall–Kier alpha value is -4.07. The smallest absolute Gasteiger partial charge is 0.319 e. The third-order valence-corrected chi connectivity index (χ3v) is 10.1. The number of phenolic OH excluding ortho intramolecular Hbond substituents is 1. The van der Waals surface area contributed by atoms with Crippen LogP contribution in [0.15, 0.2) is 30.3 Å². The Morgan fingerprint density at radius 1 is 1.11 bits per heavy atom. The number of nitrogens with zero attached hydrogens (tertiary/aromatic N) is 4. The summed E-state index contributed by atoms with van der Waals surface area (Å²) in [7, 11) is 0. The van der Waals surface area contributed by atoms with Crippen molar-refractivity contribution >= 4 is 27.5 Å². The van der Waals surface area contributed by atoms with Crippen LogP contribution in [-0.4, -0.2) is 77.2 Å². The highest BCUT2D eigenvalue weighted by atomic mass is 19.1. The van der Waals surface area contributed by atoms with Gasteiger partial charge in [-0.15, -0.1) is 6.42 Å². The van der Waals surface area contributed by atoms with Gasteiger partial charge in [0, 0.05) is 42.5 Å². The van der Waals surface area contributed by atoms with Crippen LogP contribution in [0.4, 0.5) is 19.0 Å². The molecule has 1 N–H and O–H groups in total. The number of benzene rings is 3. The number of terminal acetylenes is 1. The summed E-state index contributed by atoms with van der Waals surface area (Å²) in [4.78, 5) is 13.9. The highest BCUT2D eigenvalue weighted by Crippen LogP contribution is 2.44. The van der Waals surface area contributed by atoms with Crippen LogP contribution in [0.1, 0.15) is 43.2 Å². The van der Waals surface area contributed by atoms with Gasteiger partial charge in [-0.2, -0.15) is 9.97 Å². The number of ether oxygens (including phenoxy) is 2. The third-order valence-electron chi connectivity index (χ3n) is 10.1. The summed E-state index contributed by atoms with van der Waals surface area (Å²) in [6.45, 7) is 3.25. The van der Waals surface area contributed by atoms with E-state index in [-0.39, 0.29) is 46.6 Å². The summed E-state index contributed by atoms with van der Waals surface area (Å²) >= 11 is 0. The highest BCUT2D eigenvalue weighted by molar-refractivity contribution is 6.05. The number of hydrogen-bond acceptors (Lipinski definition) is 7. The molecule has 3 fully saturated rings. The minimum Gasteiger partial charge on any atom is -0.508 e. The minimum absolute atomic E-state index is 0.00565. The normalized spacial score (nSPS) is 24.7. The van der Waals surface area contributed by atoms with E-state index in [1.54, 1.807) is 6.07 Å². The van der Waals surface area contributed by atoms with Gasteiger partial charge in [-0.05, 0) is 79.4 Å². The third kappa shape index (κ3) is 4.59. The van der Waals surface area contributed by atoms with Crippen LogP contribution in [-0.2, 0) is 11.2 Å². The van der Waals surface area contributed by atoms with E-state index >= 15 is 4.39 Å². The second-order valence-electron chi connectivity index (χ2n) is 12.8. The van der Waals surface area contributed by atoms with Gasteiger partial charge in [0.1, 0.15) is 35.7 Å². The molecule has 0 aliphatic carbocycles. The molecule has 3 saturated heterocycles. The van der Waals surface area contributed by atoms with Crippen LogP contribution in [0.2, 0.25) is 0 Å². The maximum Gasteiger partial charge on any atom is 0.319 e. The lowest BCUT2D eigenvalue weighted by atomic mass is 9.91. The SMILES string of the molecule is C#Cc1c(F)ccc2cc(O)cc(-c3cc4c5c(nc(OC[C@@]67CCCN6C[C@H](F)C7)nc5c3F)N3CCCOC[C@@H]3CC4)c12. The Balaban J connectivity index is 1.33. The number of fused-ring (bicyclic) bond motifs is 4. The number of phenols is 1. The zero-order valence-electron chi connectivity index (χ0n) is 24.8. The molecule has 8 rings (SSSR count). The molecule has 0 spiro atoms. The molecule has 10 heteroatoms. The van der Waals surface area contributed by atoms with Crippen LogP contribution in [0.5, 0.6) is 11.8 Å². The lowest BCUT2D eigenvalue weighted by Gasteiger charge is -2.31. The van der Waals surface area contributed by atoms with Gasteiger partial charge < -0.3 is 19.5 Å². The fourth-order valence-electron chi connectivity index (χ4n) is 8.08. The molecular formula is C35H33F3N4O3. The van der Waals surface area contributed by atoms with Crippen LogP contribution >= 0.6 is 0 Å². The highest BCUT2D eigenvalue weighted by Gasteiger charge is 2.49. The fourth-order valence-corrected chi connectivity index (χ4v) is 8.08. The lowest BCUT2D eigenvalue weighted by molar-refractivity contribution is 0.107. The van der Waals surface area contributed by atoms with Gasteiger partial charge in [-0.1, -0.05) is 12.0 Å². The van der Waals surface area contributed by atoms with Crippen LogP contribution in [0, 0.1) is 24.0 Å². The van der Waals surface area contributed by atoms with Crippen molar-refractivity contribution in [1.82, 2.24) is 14.9 Å². The van der Waals surface area contributed by atoms with Gasteiger partial charge in [0.15, 0.2) is 5.82 Å². The van der Waals surface area contributed by atoms with E-state index in [1.165, 1.54) is 24.3 Å². The summed E-state index contributed by atoms with van der Waals surface area (Å²) in [6.07, 6.45) is 9.14. The van der Waals surface area contributed by atoms with Crippen molar-refractivity contribution in [2.75, 3.05) is 44.4 Å². The predicted molar refractivity (Wildman–Crippen MR) is 165 cm³/mol. The number of aromatic nitrogens is 2. The molecule has 0 unspecified atom stereocenters. The van der Waals surface area contributed by atoms with Crippen LogP contribution in [0.3, 0.4) is 0 Å². The van der Waals surface area contributed by atoms with Crippen molar-refractivity contribution in [2.45, 2.75) is 56.3 Å². The average molecular weight is 615 g/mol. The van der Waals surface area contributed by atoms with E-state index < -0.39 is 23.3 Å². The monoisotopic (exact) mass is 614 g/mol. The molecule has 3 aromatic carbocycles. The molecule has 7 nitrogen and oxygen atoms in total. The van der Waals surface area contributed by atoms with Crippen molar-refractivity contribution < 1.29 is 27.8 Å². The Labute approximate surface area is 259 Å². The van der Waals surface area contributed by atoms with E-state index in [2.05, 4.69) is 20.7 Å². The zero-order valence-corrected chi connectivity index (χ0v) is 24.8. The largest absolute Gasteiger partial charge is 0.508 e. The first-order valence-electron chi connectivity index (χ1n) is 15.7. The average Bonchev–Trinajstić information content (AvgIpc) is 3.38. The van der Waals surface area contributed by atoms with E-state index in [9.17, 15) is 13.9 Å². The molecule has 5 heterocycles. The number of rotatable bonds is 4. The Morgan fingerprint density at radius 3 is 2.87 bits per heavy atom. The van der Waals surface area contributed by atoms with Crippen LogP contribution in [0.25, 0.3) is 32.8 Å². The lowest BCUT2D eigenvalue weighted by Crippen LogP contribution is -2.43. The first-order chi connectivity index (χ1) is 21.8. The molecule has 0 bridgehead atoms. The first-order valence-corrected chi connectivity index (χ1v) is 15.7. The quantitative estimate of drug-likeness (QED) is 0.287. The van der Waals surface area contributed by atoms with Gasteiger partial charge in [-0.25, -0.2) is 13.2 Å². The van der Waals surface area contributed by atoms with Gasteiger partial charge in [-0.3, -0.25) is 4.90 Å². The number of alkyl halides is 1. The fraction of sp³-hybridized carbons (Fsp3) is 0.429. The van der Waals surface area contributed by atoms with Gasteiger partial charge in [0.05, 0.1) is 23.8 Å². The number of hydrogen-bond donors (Lipinski definition) is 1. The zero-order chi connectivity index (χ0) is 30.9. The van der Waals surface area contributed by atoms with Gasteiger partial charge in [0.25, 0.3) is 0 Å². The summed E-state index contributed by atoms with van der Waals surface area (Å²) in [5.74, 6) is 1.67. The van der Waals surface area contributed by atoms with Crippen molar-refractivity contribution in [3.63, 3.8) is 0 Å². The summed E-state index contributed by atoms with van der Waals surface area (Å²) < 4.78 is 58.6. The Kier molecular flexibility index (Phi) is 6.80. The molecule has 4 aliphatic heterocycles. The maximum absolute atomic E-state index is 17.0. The molecule has 0 amide bonds. The number of halogens is 3. The number of aryl methyl sites for hydroxylation is 1. The molecule has 232 valence electrons. The van der Waals surface area contributed by atoms with E-state index in [1.807, 2.05) is 0 Å². The molecule has 3 atom stereocenters. The van der Waals surface area contributed by atoms with E-state index in [0.29, 0.717) is 61.1 Å².